The fourth-order valence-corrected chi connectivity index (χ4v) is 4.17. The molecule has 32 heavy (non-hydrogen) atoms. The highest BCUT2D eigenvalue weighted by Crippen LogP contribution is 2.28. The van der Waals surface area contributed by atoms with Gasteiger partial charge in [-0.3, -0.25) is 10.1 Å². The second kappa shape index (κ2) is 9.10. The van der Waals surface area contributed by atoms with E-state index in [9.17, 15) is 4.79 Å². The number of halogens is 1. The number of nitrogens with one attached hydrogen (secondary N) is 2. The molecule has 1 amide bonds. The Morgan fingerprint density at radius 3 is 2.72 bits per heavy atom. The minimum Gasteiger partial charge on any atom is -0.496 e. The normalized spacial score (nSPS) is 10.8. The van der Waals surface area contributed by atoms with E-state index in [1.807, 2.05) is 62.4 Å². The predicted octanol–water partition coefficient (Wildman–Crippen LogP) is 6.01. The summed E-state index contributed by atoms with van der Waals surface area (Å²) in [6.07, 6.45) is 0. The summed E-state index contributed by atoms with van der Waals surface area (Å²) in [5.74, 6) is 0.648. The number of carbonyl (C=O) groups is 1. The summed E-state index contributed by atoms with van der Waals surface area (Å²) >= 11 is 8.76. The molecule has 0 fully saturated rings. The molecule has 0 saturated heterocycles. The van der Waals surface area contributed by atoms with E-state index in [1.165, 1.54) is 7.11 Å². The van der Waals surface area contributed by atoms with Crippen molar-refractivity contribution in [2.75, 3.05) is 12.4 Å². The molecule has 1 aromatic heterocycles. The summed E-state index contributed by atoms with van der Waals surface area (Å²) in [4.78, 5) is 17.3. The lowest BCUT2D eigenvalue weighted by Crippen LogP contribution is -2.34. The highest BCUT2D eigenvalue weighted by molar-refractivity contribution is 9.10. The number of nitrogens with zero attached hydrogens (tertiary/aromatic N) is 1. The van der Waals surface area contributed by atoms with Crippen LogP contribution in [0.15, 0.2) is 63.5 Å². The Balaban J connectivity index is 1.51. The first-order chi connectivity index (χ1) is 15.3. The topological polar surface area (TPSA) is 76.4 Å². The number of carbonyl (C=O) groups excluding carboxylic acids is 1. The molecule has 4 aromatic rings. The Bertz CT molecular complexity index is 1350. The second-order valence-corrected chi connectivity index (χ2v) is 8.61. The molecule has 162 valence electrons. The number of oxazole rings is 1. The number of methoxy groups -OCH3 is 1. The van der Waals surface area contributed by atoms with Gasteiger partial charge in [0.1, 0.15) is 11.3 Å². The summed E-state index contributed by atoms with van der Waals surface area (Å²) in [6, 6.07) is 16.9. The monoisotopic (exact) mass is 509 g/mol. The Morgan fingerprint density at radius 2 is 1.94 bits per heavy atom. The molecule has 0 unspecified atom stereocenters. The zero-order valence-corrected chi connectivity index (χ0v) is 20.1. The average Bonchev–Trinajstić information content (AvgIpc) is 3.16. The van der Waals surface area contributed by atoms with Gasteiger partial charge in [0.2, 0.25) is 5.89 Å². The van der Waals surface area contributed by atoms with Gasteiger partial charge in [0, 0.05) is 15.7 Å². The van der Waals surface area contributed by atoms with E-state index in [0.29, 0.717) is 22.9 Å². The number of hydrogen-bond acceptors (Lipinski definition) is 5. The lowest BCUT2D eigenvalue weighted by atomic mass is 10.1. The van der Waals surface area contributed by atoms with E-state index in [0.717, 1.165) is 32.3 Å². The van der Waals surface area contributed by atoms with Gasteiger partial charge >= 0.3 is 0 Å². The first-order valence-electron chi connectivity index (χ1n) is 9.78. The van der Waals surface area contributed by atoms with Crippen molar-refractivity contribution in [3.05, 3.63) is 75.8 Å². The summed E-state index contributed by atoms with van der Waals surface area (Å²) in [6.45, 7) is 3.88. The van der Waals surface area contributed by atoms with Gasteiger partial charge in [-0.15, -0.1) is 0 Å². The number of aryl methyl sites for hydroxylation is 2. The molecule has 0 radical (unpaired) electrons. The largest absolute Gasteiger partial charge is 0.496 e. The molecular weight excluding hydrogens is 490 g/mol. The van der Waals surface area contributed by atoms with Gasteiger partial charge in [-0.2, -0.15) is 0 Å². The minimum absolute atomic E-state index is 0.167. The maximum atomic E-state index is 12.8. The van der Waals surface area contributed by atoms with Gasteiger partial charge in [-0.25, -0.2) is 4.98 Å². The number of thiocarbonyl (C=S) groups is 1. The van der Waals surface area contributed by atoms with Gasteiger partial charge < -0.3 is 14.5 Å². The Kier molecular flexibility index (Phi) is 6.25. The molecule has 1 heterocycles. The number of benzene rings is 3. The first-order valence-corrected chi connectivity index (χ1v) is 11.0. The van der Waals surface area contributed by atoms with Gasteiger partial charge in [0.25, 0.3) is 5.91 Å². The lowest BCUT2D eigenvalue weighted by molar-refractivity contribution is 0.0974. The number of amides is 1. The number of anilines is 1. The van der Waals surface area contributed by atoms with Gasteiger partial charge in [0.15, 0.2) is 10.7 Å². The van der Waals surface area contributed by atoms with Gasteiger partial charge in [-0.05, 0) is 79.7 Å². The fourth-order valence-electron chi connectivity index (χ4n) is 3.39. The van der Waals surface area contributed by atoms with Crippen LogP contribution in [0.5, 0.6) is 5.75 Å². The molecule has 3 aromatic carbocycles. The van der Waals surface area contributed by atoms with Crippen LogP contribution in [-0.2, 0) is 0 Å². The van der Waals surface area contributed by atoms with Gasteiger partial charge in [0.05, 0.1) is 12.7 Å². The molecule has 0 aliphatic heterocycles. The lowest BCUT2D eigenvalue weighted by Gasteiger charge is -2.14. The van der Waals surface area contributed by atoms with Crippen LogP contribution in [0.3, 0.4) is 0 Å². The van der Waals surface area contributed by atoms with E-state index < -0.39 is 0 Å². The van der Waals surface area contributed by atoms with Crippen LogP contribution in [0.1, 0.15) is 21.5 Å². The molecule has 0 spiro atoms. The second-order valence-electron chi connectivity index (χ2n) is 7.28. The van der Waals surface area contributed by atoms with E-state index >= 15 is 0 Å². The SMILES string of the molecule is COc1c(C)cc(Br)cc1C(=O)NC(=S)Nc1cccc(-c2nc3ccc(C)cc3o2)c1. The van der Waals surface area contributed by atoms with Crippen molar-refractivity contribution in [3.8, 4) is 17.2 Å². The van der Waals surface area contributed by atoms with Gasteiger partial charge in [-0.1, -0.05) is 28.1 Å². The third kappa shape index (κ3) is 4.66. The van der Waals surface area contributed by atoms with Crippen LogP contribution >= 0.6 is 28.1 Å². The summed E-state index contributed by atoms with van der Waals surface area (Å²) < 4.78 is 12.1. The zero-order valence-electron chi connectivity index (χ0n) is 17.7. The van der Waals surface area contributed by atoms with Crippen LogP contribution in [0.2, 0.25) is 0 Å². The predicted molar refractivity (Wildman–Crippen MR) is 133 cm³/mol. The molecule has 0 bridgehead atoms. The molecule has 0 atom stereocenters. The molecule has 2 N–H and O–H groups in total. The van der Waals surface area contributed by atoms with Crippen LogP contribution in [-0.4, -0.2) is 23.1 Å². The van der Waals surface area contributed by atoms with E-state index in [-0.39, 0.29) is 11.0 Å². The Labute approximate surface area is 199 Å². The smallest absolute Gasteiger partial charge is 0.261 e. The highest BCUT2D eigenvalue weighted by Gasteiger charge is 2.17. The third-order valence-corrected chi connectivity index (χ3v) is 5.49. The summed E-state index contributed by atoms with van der Waals surface area (Å²) in [5, 5.41) is 5.91. The molecule has 6 nitrogen and oxygen atoms in total. The van der Waals surface area contributed by atoms with Crippen molar-refractivity contribution in [1.29, 1.82) is 0 Å². The van der Waals surface area contributed by atoms with Crippen LogP contribution in [0.25, 0.3) is 22.6 Å². The van der Waals surface area contributed by atoms with Crippen molar-refractivity contribution in [2.24, 2.45) is 0 Å². The number of ether oxygens (including phenoxy) is 1. The Morgan fingerprint density at radius 1 is 1.12 bits per heavy atom. The molecule has 0 saturated carbocycles. The standard InChI is InChI=1S/C24H20BrN3O3S/c1-13-7-8-19-20(9-13)31-23(27-19)15-5-4-6-17(11-15)26-24(32)28-22(29)18-12-16(25)10-14(2)21(18)30-3/h4-12H,1-3H3,(H2,26,28,29,32). The van der Waals surface area contributed by atoms with Crippen molar-refractivity contribution >= 4 is 56.0 Å². The number of hydrogen-bond donors (Lipinski definition) is 2. The summed E-state index contributed by atoms with van der Waals surface area (Å²) in [7, 11) is 1.53. The van der Waals surface area contributed by atoms with E-state index in [1.54, 1.807) is 6.07 Å². The first kappa shape index (κ1) is 22.0. The van der Waals surface area contributed by atoms with Crippen LogP contribution in [0.4, 0.5) is 5.69 Å². The van der Waals surface area contributed by atoms with Crippen LogP contribution in [0, 0.1) is 13.8 Å². The Hall–Kier alpha value is -3.23. The quantitative estimate of drug-likeness (QED) is 0.328. The summed E-state index contributed by atoms with van der Waals surface area (Å²) in [5.41, 5.74) is 5.36. The maximum absolute atomic E-state index is 12.8. The van der Waals surface area contributed by atoms with Crippen molar-refractivity contribution in [3.63, 3.8) is 0 Å². The van der Waals surface area contributed by atoms with Crippen molar-refractivity contribution in [1.82, 2.24) is 10.3 Å². The number of rotatable bonds is 4. The third-order valence-electron chi connectivity index (χ3n) is 4.83. The molecule has 8 heteroatoms. The number of aromatic nitrogens is 1. The maximum Gasteiger partial charge on any atom is 0.261 e. The zero-order chi connectivity index (χ0) is 22.8. The minimum atomic E-state index is -0.366. The molecular formula is C24H20BrN3O3S. The molecule has 0 aliphatic rings. The number of fused-ring (bicyclic) bond motifs is 1. The molecule has 4 rings (SSSR count). The van der Waals surface area contributed by atoms with E-state index in [2.05, 4.69) is 31.5 Å². The average molecular weight is 510 g/mol. The highest BCUT2D eigenvalue weighted by atomic mass is 79.9. The molecule has 0 aliphatic carbocycles. The van der Waals surface area contributed by atoms with Crippen molar-refractivity contribution in [2.45, 2.75) is 13.8 Å². The van der Waals surface area contributed by atoms with Crippen molar-refractivity contribution < 1.29 is 13.9 Å². The fraction of sp³-hybridized carbons (Fsp3) is 0.125. The van der Waals surface area contributed by atoms with E-state index in [4.69, 9.17) is 21.4 Å². The van der Waals surface area contributed by atoms with Crippen LogP contribution < -0.4 is 15.4 Å².